The van der Waals surface area contributed by atoms with Crippen LogP contribution in [0.25, 0.3) is 0 Å². The minimum absolute atomic E-state index is 0.0398. The lowest BCUT2D eigenvalue weighted by molar-refractivity contribution is -0.125. The number of nitrogens with zero attached hydrogens (tertiary/aromatic N) is 1. The number of hydrogen-bond acceptors (Lipinski definition) is 3. The van der Waals surface area contributed by atoms with Gasteiger partial charge >= 0.3 is 0 Å². The molecular formula is C18H22N2O2. The summed E-state index contributed by atoms with van der Waals surface area (Å²) < 4.78 is 5.19. The van der Waals surface area contributed by atoms with Gasteiger partial charge in [-0.15, -0.1) is 0 Å². The maximum Gasteiger partial charge on any atom is 0.228 e. The summed E-state index contributed by atoms with van der Waals surface area (Å²) in [5.41, 5.74) is 2.69. The predicted molar refractivity (Wildman–Crippen MR) is 84.5 cm³/mol. The Morgan fingerprint density at radius 1 is 1.27 bits per heavy atom. The highest BCUT2D eigenvalue weighted by atomic mass is 16.5. The second-order valence-electron chi connectivity index (χ2n) is 6.25. The number of carbonyl (C=O) groups is 1. The Balaban J connectivity index is 1.81. The fourth-order valence-corrected chi connectivity index (χ4v) is 3.36. The van der Waals surface area contributed by atoms with Gasteiger partial charge in [0, 0.05) is 5.56 Å². The van der Waals surface area contributed by atoms with Gasteiger partial charge in [0.25, 0.3) is 0 Å². The van der Waals surface area contributed by atoms with Gasteiger partial charge < -0.3 is 9.84 Å². The first-order valence-electron chi connectivity index (χ1n) is 7.84. The molecule has 22 heavy (non-hydrogen) atoms. The van der Waals surface area contributed by atoms with E-state index in [0.29, 0.717) is 0 Å². The molecule has 1 saturated carbocycles. The van der Waals surface area contributed by atoms with E-state index in [1.54, 1.807) is 0 Å². The first-order chi connectivity index (χ1) is 10.5. The van der Waals surface area contributed by atoms with Crippen molar-refractivity contribution in [1.29, 1.82) is 0 Å². The maximum absolute atomic E-state index is 12.7. The molecule has 0 bridgehead atoms. The third-order valence-electron chi connectivity index (χ3n) is 4.81. The van der Waals surface area contributed by atoms with Gasteiger partial charge in [-0.3, -0.25) is 4.79 Å². The molecule has 0 saturated heterocycles. The Hall–Kier alpha value is -2.10. The normalized spacial score (nSPS) is 17.6. The zero-order valence-electron chi connectivity index (χ0n) is 13.3. The fourth-order valence-electron chi connectivity index (χ4n) is 3.36. The first-order valence-corrected chi connectivity index (χ1v) is 7.84. The number of hydrogen-bond donors (Lipinski definition) is 1. The smallest absolute Gasteiger partial charge is 0.228 e. The molecule has 1 atom stereocenters. The second-order valence-corrected chi connectivity index (χ2v) is 6.25. The highest BCUT2D eigenvalue weighted by Crippen LogP contribution is 2.41. The van der Waals surface area contributed by atoms with Crippen LogP contribution in [-0.4, -0.2) is 11.1 Å². The van der Waals surface area contributed by atoms with E-state index in [0.717, 1.165) is 36.3 Å². The molecular weight excluding hydrogens is 276 g/mol. The topological polar surface area (TPSA) is 55.1 Å². The predicted octanol–water partition coefficient (Wildman–Crippen LogP) is 3.59. The number of benzene rings is 1. The van der Waals surface area contributed by atoms with E-state index in [1.165, 1.54) is 5.56 Å². The third kappa shape index (κ3) is 2.43. The minimum Gasteiger partial charge on any atom is -0.361 e. The third-order valence-corrected chi connectivity index (χ3v) is 4.81. The molecule has 1 aliphatic rings. The largest absolute Gasteiger partial charge is 0.361 e. The molecule has 0 radical (unpaired) electrons. The zero-order chi connectivity index (χ0) is 15.7. The van der Waals surface area contributed by atoms with Gasteiger partial charge in [0.15, 0.2) is 0 Å². The molecule has 3 rings (SSSR count). The summed E-state index contributed by atoms with van der Waals surface area (Å²) in [5, 5.41) is 7.23. The molecule has 4 heteroatoms. The summed E-state index contributed by atoms with van der Waals surface area (Å²) in [6.07, 6.45) is 3.14. The SMILES string of the molecule is Cc1noc(C)c1[C@@H](C)C(=O)NC1(c2ccccc2)CCC1. The van der Waals surface area contributed by atoms with E-state index in [-0.39, 0.29) is 17.4 Å². The van der Waals surface area contributed by atoms with E-state index in [4.69, 9.17) is 4.52 Å². The summed E-state index contributed by atoms with van der Waals surface area (Å²) in [4.78, 5) is 12.7. The highest BCUT2D eigenvalue weighted by Gasteiger charge is 2.41. The summed E-state index contributed by atoms with van der Waals surface area (Å²) in [6, 6.07) is 10.3. The number of aromatic nitrogens is 1. The molecule has 1 aromatic heterocycles. The van der Waals surface area contributed by atoms with Crippen molar-refractivity contribution in [3.8, 4) is 0 Å². The molecule has 0 unspecified atom stereocenters. The van der Waals surface area contributed by atoms with Crippen molar-refractivity contribution in [2.75, 3.05) is 0 Å². The Morgan fingerprint density at radius 2 is 1.95 bits per heavy atom. The van der Waals surface area contributed by atoms with Gasteiger partial charge in [0.2, 0.25) is 5.91 Å². The van der Waals surface area contributed by atoms with Gasteiger partial charge in [-0.25, -0.2) is 0 Å². The van der Waals surface area contributed by atoms with Crippen LogP contribution in [0.15, 0.2) is 34.9 Å². The molecule has 116 valence electrons. The average molecular weight is 298 g/mol. The molecule has 1 aromatic carbocycles. The van der Waals surface area contributed by atoms with Crippen LogP contribution in [0.5, 0.6) is 0 Å². The van der Waals surface area contributed by atoms with Crippen molar-refractivity contribution in [2.24, 2.45) is 0 Å². The van der Waals surface area contributed by atoms with E-state index in [9.17, 15) is 4.79 Å². The quantitative estimate of drug-likeness (QED) is 0.938. The Kier molecular flexibility index (Phi) is 3.77. The molecule has 1 amide bonds. The van der Waals surface area contributed by atoms with Crippen LogP contribution >= 0.6 is 0 Å². The number of carbonyl (C=O) groups excluding carboxylic acids is 1. The van der Waals surface area contributed by atoms with Crippen molar-refractivity contribution >= 4 is 5.91 Å². The summed E-state index contributed by atoms with van der Waals surface area (Å²) >= 11 is 0. The van der Waals surface area contributed by atoms with Crippen molar-refractivity contribution < 1.29 is 9.32 Å². The van der Waals surface area contributed by atoms with Crippen molar-refractivity contribution in [3.05, 3.63) is 52.9 Å². The number of aryl methyl sites for hydroxylation is 2. The monoisotopic (exact) mass is 298 g/mol. The Bertz CT molecular complexity index is 652. The molecule has 1 N–H and O–H groups in total. The van der Waals surface area contributed by atoms with Crippen LogP contribution in [0.4, 0.5) is 0 Å². The minimum atomic E-state index is -0.257. The van der Waals surface area contributed by atoms with E-state index < -0.39 is 0 Å². The van der Waals surface area contributed by atoms with Crippen LogP contribution in [-0.2, 0) is 10.3 Å². The number of nitrogens with one attached hydrogen (secondary N) is 1. The maximum atomic E-state index is 12.7. The molecule has 1 fully saturated rings. The number of amides is 1. The van der Waals surface area contributed by atoms with Crippen LogP contribution in [0.1, 0.15) is 54.7 Å². The van der Waals surface area contributed by atoms with Crippen LogP contribution in [0.2, 0.25) is 0 Å². The Morgan fingerprint density at radius 3 is 2.45 bits per heavy atom. The molecule has 1 heterocycles. The van der Waals surface area contributed by atoms with E-state index >= 15 is 0 Å². The zero-order valence-corrected chi connectivity index (χ0v) is 13.3. The molecule has 4 nitrogen and oxygen atoms in total. The molecule has 0 aliphatic heterocycles. The van der Waals surface area contributed by atoms with Crippen molar-refractivity contribution in [3.63, 3.8) is 0 Å². The van der Waals surface area contributed by atoms with E-state index in [2.05, 4.69) is 22.6 Å². The lowest BCUT2D eigenvalue weighted by atomic mass is 9.71. The highest BCUT2D eigenvalue weighted by molar-refractivity contribution is 5.84. The average Bonchev–Trinajstić information content (AvgIpc) is 2.82. The molecule has 2 aromatic rings. The second kappa shape index (κ2) is 5.59. The lowest BCUT2D eigenvalue weighted by Crippen LogP contribution is -2.51. The summed E-state index contributed by atoms with van der Waals surface area (Å²) in [5.74, 6) is 0.507. The van der Waals surface area contributed by atoms with E-state index in [1.807, 2.05) is 39.0 Å². The van der Waals surface area contributed by atoms with Gasteiger partial charge in [0.1, 0.15) is 5.76 Å². The summed E-state index contributed by atoms with van der Waals surface area (Å²) in [6.45, 7) is 5.65. The first kappa shape index (κ1) is 14.8. The number of rotatable bonds is 4. The van der Waals surface area contributed by atoms with Crippen LogP contribution in [0.3, 0.4) is 0 Å². The van der Waals surface area contributed by atoms with Crippen LogP contribution < -0.4 is 5.32 Å². The molecule has 0 spiro atoms. The van der Waals surface area contributed by atoms with Gasteiger partial charge in [-0.2, -0.15) is 0 Å². The Labute approximate surface area is 130 Å². The lowest BCUT2D eigenvalue weighted by Gasteiger charge is -2.43. The fraction of sp³-hybridized carbons (Fsp3) is 0.444. The van der Waals surface area contributed by atoms with Crippen molar-refractivity contribution in [2.45, 2.75) is 51.5 Å². The standard InChI is InChI=1S/C18H22N2O2/c1-12(16-13(2)20-22-14(16)3)17(21)19-18(10-7-11-18)15-8-5-4-6-9-15/h4-6,8-9,12H,7,10-11H2,1-3H3,(H,19,21)/t12-/m1/s1. The summed E-state index contributed by atoms with van der Waals surface area (Å²) in [7, 11) is 0. The van der Waals surface area contributed by atoms with Crippen molar-refractivity contribution in [1.82, 2.24) is 10.5 Å². The van der Waals surface area contributed by atoms with Gasteiger partial charge in [0.05, 0.1) is 17.2 Å². The molecule has 1 aliphatic carbocycles. The van der Waals surface area contributed by atoms with Gasteiger partial charge in [-0.05, 0) is 45.6 Å². The van der Waals surface area contributed by atoms with Gasteiger partial charge in [-0.1, -0.05) is 35.5 Å². The van der Waals surface area contributed by atoms with Crippen LogP contribution in [0, 0.1) is 13.8 Å².